The number of nitrogens with one attached hydrogen (secondary N) is 1. The second-order valence-corrected chi connectivity index (χ2v) is 8.42. The van der Waals surface area contributed by atoms with Crippen molar-refractivity contribution in [1.82, 2.24) is 9.62 Å². The minimum absolute atomic E-state index is 0.0903. The van der Waals surface area contributed by atoms with Crippen molar-refractivity contribution in [1.29, 1.82) is 0 Å². The smallest absolute Gasteiger partial charge is 0.253 e. The third-order valence-corrected chi connectivity index (χ3v) is 5.23. The normalized spacial score (nSPS) is 16.6. The van der Waals surface area contributed by atoms with Gasteiger partial charge < -0.3 is 4.90 Å². The Hall–Kier alpha value is -1.40. The number of likely N-dealkylation sites (tertiary alicyclic amines) is 1. The number of nitrogens with zero attached hydrogens (tertiary/aromatic N) is 1. The van der Waals surface area contributed by atoms with Crippen molar-refractivity contribution in [3.63, 3.8) is 0 Å². The van der Waals surface area contributed by atoms with E-state index in [9.17, 15) is 13.2 Å². The summed E-state index contributed by atoms with van der Waals surface area (Å²) < 4.78 is 27.3. The van der Waals surface area contributed by atoms with Crippen molar-refractivity contribution < 1.29 is 13.2 Å². The fourth-order valence-corrected chi connectivity index (χ4v) is 4.00. The molecule has 1 heterocycles. The standard InChI is InChI=1S/C16H24N2O3S/c1-16(2,3)17-22(20,21)14-9-7-8-13(12-14)15(19)18-10-5-4-6-11-18/h7-9,12,17H,4-6,10-11H2,1-3H3. The number of sulfonamides is 1. The Balaban J connectivity index is 2.24. The topological polar surface area (TPSA) is 66.5 Å². The van der Waals surface area contributed by atoms with Gasteiger partial charge in [0.1, 0.15) is 0 Å². The van der Waals surface area contributed by atoms with Crippen molar-refractivity contribution >= 4 is 15.9 Å². The number of hydrogen-bond donors (Lipinski definition) is 1. The quantitative estimate of drug-likeness (QED) is 0.928. The molecule has 0 bridgehead atoms. The molecule has 0 unspecified atom stereocenters. The summed E-state index contributed by atoms with van der Waals surface area (Å²) in [7, 11) is -3.63. The molecule has 1 amide bonds. The van der Waals surface area contributed by atoms with Gasteiger partial charge in [-0.3, -0.25) is 4.79 Å². The van der Waals surface area contributed by atoms with Crippen LogP contribution in [0, 0.1) is 0 Å². The molecular formula is C16H24N2O3S. The van der Waals surface area contributed by atoms with Crippen molar-refractivity contribution in [2.24, 2.45) is 0 Å². The number of amides is 1. The van der Waals surface area contributed by atoms with Crippen molar-refractivity contribution in [2.45, 2.75) is 50.5 Å². The molecule has 22 heavy (non-hydrogen) atoms. The maximum Gasteiger partial charge on any atom is 0.253 e. The Labute approximate surface area is 132 Å². The molecule has 1 saturated heterocycles. The lowest BCUT2D eigenvalue weighted by Gasteiger charge is -2.27. The van der Waals surface area contributed by atoms with Crippen LogP contribution in [-0.4, -0.2) is 37.9 Å². The minimum atomic E-state index is -3.63. The van der Waals surface area contributed by atoms with Gasteiger partial charge in [-0.05, 0) is 58.2 Å². The van der Waals surface area contributed by atoms with Gasteiger partial charge in [0.15, 0.2) is 0 Å². The molecule has 0 atom stereocenters. The van der Waals surface area contributed by atoms with Crippen LogP contribution < -0.4 is 4.72 Å². The van der Waals surface area contributed by atoms with Crippen LogP contribution in [0.15, 0.2) is 29.2 Å². The van der Waals surface area contributed by atoms with Crippen molar-refractivity contribution in [2.75, 3.05) is 13.1 Å². The Bertz CT molecular complexity index is 642. The molecule has 5 nitrogen and oxygen atoms in total. The number of carbonyl (C=O) groups is 1. The third-order valence-electron chi connectivity index (χ3n) is 3.48. The maximum atomic E-state index is 12.5. The van der Waals surface area contributed by atoms with E-state index in [1.807, 2.05) is 0 Å². The predicted octanol–water partition coefficient (Wildman–Crippen LogP) is 2.39. The first-order valence-corrected chi connectivity index (χ1v) is 9.11. The summed E-state index contributed by atoms with van der Waals surface area (Å²) >= 11 is 0. The van der Waals surface area contributed by atoms with Crippen molar-refractivity contribution in [3.05, 3.63) is 29.8 Å². The lowest BCUT2D eigenvalue weighted by atomic mass is 10.1. The molecule has 122 valence electrons. The van der Waals surface area contributed by atoms with Gasteiger partial charge in [0.2, 0.25) is 10.0 Å². The van der Waals surface area contributed by atoms with Crippen LogP contribution in [0.4, 0.5) is 0 Å². The van der Waals surface area contributed by atoms with Crippen molar-refractivity contribution in [3.8, 4) is 0 Å². The Morgan fingerprint density at radius 2 is 1.77 bits per heavy atom. The van der Waals surface area contributed by atoms with E-state index in [1.54, 1.807) is 37.8 Å². The summed E-state index contributed by atoms with van der Waals surface area (Å²) in [4.78, 5) is 14.4. The van der Waals surface area contributed by atoms with Gasteiger partial charge >= 0.3 is 0 Å². The second kappa shape index (κ2) is 6.38. The van der Waals surface area contributed by atoms with Crippen LogP contribution in [0.5, 0.6) is 0 Å². The molecule has 0 spiro atoms. The predicted molar refractivity (Wildman–Crippen MR) is 86.3 cm³/mol. The zero-order valence-electron chi connectivity index (χ0n) is 13.4. The monoisotopic (exact) mass is 324 g/mol. The van der Waals surface area contributed by atoms with E-state index in [0.29, 0.717) is 5.56 Å². The van der Waals surface area contributed by atoms with Crippen LogP contribution >= 0.6 is 0 Å². The molecule has 1 fully saturated rings. The highest BCUT2D eigenvalue weighted by Gasteiger charge is 2.24. The third kappa shape index (κ3) is 4.30. The van der Waals surface area contributed by atoms with E-state index >= 15 is 0 Å². The van der Waals surface area contributed by atoms with Crippen LogP contribution in [0.1, 0.15) is 50.4 Å². The Morgan fingerprint density at radius 1 is 1.14 bits per heavy atom. The molecule has 0 aliphatic carbocycles. The Morgan fingerprint density at radius 3 is 2.36 bits per heavy atom. The number of carbonyl (C=O) groups excluding carboxylic acids is 1. The molecule has 1 aliphatic rings. The van der Waals surface area contributed by atoms with E-state index in [2.05, 4.69) is 4.72 Å². The van der Waals surface area contributed by atoms with Gasteiger partial charge in [-0.1, -0.05) is 6.07 Å². The highest BCUT2D eigenvalue weighted by atomic mass is 32.2. The zero-order valence-corrected chi connectivity index (χ0v) is 14.2. The molecule has 0 radical (unpaired) electrons. The highest BCUT2D eigenvalue weighted by Crippen LogP contribution is 2.18. The van der Waals surface area contributed by atoms with Gasteiger partial charge in [0.05, 0.1) is 4.90 Å². The summed E-state index contributed by atoms with van der Waals surface area (Å²) in [5.41, 5.74) is -0.134. The molecule has 1 aromatic rings. The van der Waals surface area contributed by atoms with Gasteiger partial charge in [0.25, 0.3) is 5.91 Å². The first-order chi connectivity index (χ1) is 10.2. The van der Waals surface area contributed by atoms with Crippen LogP contribution in [0.2, 0.25) is 0 Å². The molecule has 2 rings (SSSR count). The summed E-state index contributed by atoms with van der Waals surface area (Å²) in [5, 5.41) is 0. The van der Waals surface area contributed by atoms with Crippen LogP contribution in [-0.2, 0) is 10.0 Å². The SMILES string of the molecule is CC(C)(C)NS(=O)(=O)c1cccc(C(=O)N2CCCCC2)c1. The fraction of sp³-hybridized carbons (Fsp3) is 0.562. The van der Waals surface area contributed by atoms with Gasteiger partial charge in [-0.25, -0.2) is 13.1 Å². The maximum absolute atomic E-state index is 12.5. The first-order valence-electron chi connectivity index (χ1n) is 7.62. The summed E-state index contributed by atoms with van der Waals surface area (Å²) in [6.45, 7) is 6.85. The summed E-state index contributed by atoms with van der Waals surface area (Å²) in [6, 6.07) is 6.27. The average Bonchev–Trinajstić information content (AvgIpc) is 2.45. The van der Waals surface area contributed by atoms with Crippen LogP contribution in [0.3, 0.4) is 0 Å². The molecular weight excluding hydrogens is 300 g/mol. The minimum Gasteiger partial charge on any atom is -0.339 e. The molecule has 0 saturated carbocycles. The summed E-state index contributed by atoms with van der Waals surface area (Å²) in [5.74, 6) is -0.0903. The number of hydrogen-bond acceptors (Lipinski definition) is 3. The molecule has 0 aromatic heterocycles. The van der Waals surface area contributed by atoms with Crippen LogP contribution in [0.25, 0.3) is 0 Å². The Kier molecular flexibility index (Phi) is 4.92. The fourth-order valence-electron chi connectivity index (χ4n) is 2.54. The van der Waals surface area contributed by atoms with Gasteiger partial charge in [0, 0.05) is 24.2 Å². The largest absolute Gasteiger partial charge is 0.339 e. The molecule has 1 aliphatic heterocycles. The lowest BCUT2D eigenvalue weighted by Crippen LogP contribution is -2.40. The number of rotatable bonds is 3. The van der Waals surface area contributed by atoms with Gasteiger partial charge in [-0.15, -0.1) is 0 Å². The van der Waals surface area contributed by atoms with E-state index in [-0.39, 0.29) is 10.8 Å². The lowest BCUT2D eigenvalue weighted by molar-refractivity contribution is 0.0724. The first kappa shape index (κ1) is 17.0. The molecule has 1 N–H and O–H groups in total. The summed E-state index contributed by atoms with van der Waals surface area (Å²) in [6.07, 6.45) is 3.16. The van der Waals surface area contributed by atoms with E-state index in [1.165, 1.54) is 12.1 Å². The highest BCUT2D eigenvalue weighted by molar-refractivity contribution is 7.89. The second-order valence-electron chi connectivity index (χ2n) is 6.74. The van der Waals surface area contributed by atoms with E-state index < -0.39 is 15.6 Å². The molecule has 6 heteroatoms. The zero-order chi connectivity index (χ0) is 16.4. The number of benzene rings is 1. The van der Waals surface area contributed by atoms with E-state index in [4.69, 9.17) is 0 Å². The number of piperidine rings is 1. The average molecular weight is 324 g/mol. The molecule has 1 aromatic carbocycles. The van der Waals surface area contributed by atoms with Gasteiger partial charge in [-0.2, -0.15) is 0 Å². The van der Waals surface area contributed by atoms with E-state index in [0.717, 1.165) is 32.4 Å².